The van der Waals surface area contributed by atoms with Crippen LogP contribution in [0.4, 0.5) is 4.79 Å². The van der Waals surface area contributed by atoms with Crippen molar-refractivity contribution >= 4 is 17.7 Å². The second kappa shape index (κ2) is 11.6. The minimum atomic E-state index is -0.291. The SMILES string of the molecule is CCOC(=O)N1CCN(CC(=O)N2N=C(c3ccc(C)c(C)c3)CC2c2ccc(OCC)cc2)CC1. The maximum atomic E-state index is 13.5. The van der Waals surface area contributed by atoms with Crippen molar-refractivity contribution in [1.82, 2.24) is 14.8 Å². The molecule has 2 amide bonds. The van der Waals surface area contributed by atoms with Gasteiger partial charge in [-0.25, -0.2) is 9.80 Å². The number of hydrazone groups is 1. The lowest BCUT2D eigenvalue weighted by molar-refractivity contribution is -0.134. The molecule has 0 bridgehead atoms. The number of nitrogens with zero attached hydrogens (tertiary/aromatic N) is 4. The Kier molecular flexibility index (Phi) is 8.25. The lowest BCUT2D eigenvalue weighted by Gasteiger charge is -2.34. The Bertz CT molecular complexity index is 1110. The number of rotatable bonds is 7. The fourth-order valence-electron chi connectivity index (χ4n) is 4.62. The predicted octanol–water partition coefficient (Wildman–Crippen LogP) is 4.15. The molecule has 36 heavy (non-hydrogen) atoms. The normalized spacial score (nSPS) is 18.2. The zero-order valence-corrected chi connectivity index (χ0v) is 21.7. The second-order valence-corrected chi connectivity index (χ2v) is 9.27. The van der Waals surface area contributed by atoms with Crippen LogP contribution in [0.1, 0.15) is 48.6 Å². The third kappa shape index (κ3) is 5.87. The summed E-state index contributed by atoms with van der Waals surface area (Å²) in [6, 6.07) is 14.1. The van der Waals surface area contributed by atoms with Gasteiger partial charge < -0.3 is 14.4 Å². The lowest BCUT2D eigenvalue weighted by Crippen LogP contribution is -2.51. The molecule has 192 valence electrons. The minimum Gasteiger partial charge on any atom is -0.494 e. The van der Waals surface area contributed by atoms with E-state index in [1.54, 1.807) is 16.8 Å². The van der Waals surface area contributed by atoms with Crippen LogP contribution in [0.15, 0.2) is 47.6 Å². The number of ether oxygens (including phenoxy) is 2. The monoisotopic (exact) mass is 492 g/mol. The molecule has 2 aromatic rings. The molecule has 0 radical (unpaired) electrons. The Morgan fingerprint density at radius 1 is 0.944 bits per heavy atom. The average molecular weight is 493 g/mol. The Morgan fingerprint density at radius 2 is 1.67 bits per heavy atom. The number of hydrogen-bond acceptors (Lipinski definition) is 6. The highest BCUT2D eigenvalue weighted by molar-refractivity contribution is 6.03. The van der Waals surface area contributed by atoms with Crippen LogP contribution in [0.3, 0.4) is 0 Å². The molecular weight excluding hydrogens is 456 g/mol. The molecule has 0 N–H and O–H groups in total. The van der Waals surface area contributed by atoms with Gasteiger partial charge in [0, 0.05) is 32.6 Å². The van der Waals surface area contributed by atoms with E-state index in [0.29, 0.717) is 45.8 Å². The molecule has 4 rings (SSSR count). The molecule has 0 aromatic heterocycles. The van der Waals surface area contributed by atoms with Gasteiger partial charge in [-0.15, -0.1) is 0 Å². The van der Waals surface area contributed by atoms with Gasteiger partial charge >= 0.3 is 6.09 Å². The van der Waals surface area contributed by atoms with E-state index in [-0.39, 0.29) is 24.6 Å². The van der Waals surface area contributed by atoms with Gasteiger partial charge in [0.15, 0.2) is 0 Å². The van der Waals surface area contributed by atoms with E-state index < -0.39 is 0 Å². The van der Waals surface area contributed by atoms with Crippen molar-refractivity contribution in [1.29, 1.82) is 0 Å². The van der Waals surface area contributed by atoms with Crippen molar-refractivity contribution < 1.29 is 19.1 Å². The van der Waals surface area contributed by atoms with E-state index in [1.807, 2.05) is 31.2 Å². The zero-order chi connectivity index (χ0) is 25.7. The highest BCUT2D eigenvalue weighted by Crippen LogP contribution is 2.34. The smallest absolute Gasteiger partial charge is 0.409 e. The summed E-state index contributed by atoms with van der Waals surface area (Å²) in [7, 11) is 0. The second-order valence-electron chi connectivity index (χ2n) is 9.27. The van der Waals surface area contributed by atoms with Gasteiger partial charge in [0.1, 0.15) is 5.75 Å². The average Bonchev–Trinajstić information content (AvgIpc) is 3.33. The summed E-state index contributed by atoms with van der Waals surface area (Å²) in [5, 5.41) is 6.49. The fourth-order valence-corrected chi connectivity index (χ4v) is 4.62. The predicted molar refractivity (Wildman–Crippen MR) is 139 cm³/mol. The minimum absolute atomic E-state index is 0.0442. The lowest BCUT2D eigenvalue weighted by atomic mass is 9.96. The molecule has 1 unspecified atom stereocenters. The molecule has 2 heterocycles. The van der Waals surface area contributed by atoms with Crippen LogP contribution < -0.4 is 4.74 Å². The van der Waals surface area contributed by atoms with Gasteiger partial charge in [-0.1, -0.05) is 24.3 Å². The van der Waals surface area contributed by atoms with Crippen LogP contribution in [-0.2, 0) is 9.53 Å². The molecule has 2 aliphatic rings. The standard InChI is InChI=1S/C28H36N4O4/c1-5-35-24-11-9-22(10-12-24)26-18-25(23-8-7-20(3)21(4)17-23)29-32(26)27(33)19-30-13-15-31(16-14-30)28(34)36-6-2/h7-12,17,26H,5-6,13-16,18-19H2,1-4H3. The molecular formula is C28H36N4O4. The van der Waals surface area contributed by atoms with Gasteiger partial charge in [0.25, 0.3) is 5.91 Å². The van der Waals surface area contributed by atoms with E-state index in [4.69, 9.17) is 14.6 Å². The molecule has 8 nitrogen and oxygen atoms in total. The molecule has 1 saturated heterocycles. The number of amides is 2. The number of benzene rings is 2. The van der Waals surface area contributed by atoms with Crippen molar-refractivity contribution in [2.75, 3.05) is 45.9 Å². The van der Waals surface area contributed by atoms with Crippen molar-refractivity contribution in [2.45, 2.75) is 40.2 Å². The highest BCUT2D eigenvalue weighted by Gasteiger charge is 2.34. The van der Waals surface area contributed by atoms with Gasteiger partial charge in [0.05, 0.1) is 31.5 Å². The Hall–Kier alpha value is -3.39. The van der Waals surface area contributed by atoms with Gasteiger partial charge in [0.2, 0.25) is 0 Å². The number of piperazine rings is 1. The van der Waals surface area contributed by atoms with Crippen LogP contribution in [-0.4, -0.2) is 78.5 Å². The van der Waals surface area contributed by atoms with E-state index in [2.05, 4.69) is 36.9 Å². The first-order valence-corrected chi connectivity index (χ1v) is 12.7. The molecule has 2 aromatic carbocycles. The Labute approximate surface area is 213 Å². The van der Waals surface area contributed by atoms with Crippen LogP contribution in [0.5, 0.6) is 5.75 Å². The van der Waals surface area contributed by atoms with Gasteiger partial charge in [-0.2, -0.15) is 5.10 Å². The third-order valence-corrected chi connectivity index (χ3v) is 6.84. The molecule has 8 heteroatoms. The Morgan fingerprint density at radius 3 is 2.31 bits per heavy atom. The first kappa shape index (κ1) is 25.7. The number of carbonyl (C=O) groups is 2. The summed E-state index contributed by atoms with van der Waals surface area (Å²) in [4.78, 5) is 29.3. The molecule has 0 saturated carbocycles. The van der Waals surface area contributed by atoms with Gasteiger partial charge in [-0.3, -0.25) is 9.69 Å². The summed E-state index contributed by atoms with van der Waals surface area (Å²) in [5.41, 5.74) is 5.43. The largest absolute Gasteiger partial charge is 0.494 e. The summed E-state index contributed by atoms with van der Waals surface area (Å²) < 4.78 is 10.7. The van der Waals surface area contributed by atoms with Crippen LogP contribution >= 0.6 is 0 Å². The van der Waals surface area contributed by atoms with Crippen molar-refractivity contribution in [3.05, 3.63) is 64.7 Å². The third-order valence-electron chi connectivity index (χ3n) is 6.84. The van der Waals surface area contributed by atoms with Crippen molar-refractivity contribution in [2.24, 2.45) is 5.10 Å². The number of hydrogen-bond donors (Lipinski definition) is 0. The number of aryl methyl sites for hydroxylation is 2. The zero-order valence-electron chi connectivity index (χ0n) is 21.7. The van der Waals surface area contributed by atoms with Crippen LogP contribution in [0, 0.1) is 13.8 Å². The van der Waals surface area contributed by atoms with E-state index in [1.165, 1.54) is 11.1 Å². The molecule has 0 aliphatic carbocycles. The van der Waals surface area contributed by atoms with Crippen molar-refractivity contribution in [3.8, 4) is 5.75 Å². The first-order chi connectivity index (χ1) is 17.4. The van der Waals surface area contributed by atoms with E-state index in [0.717, 1.165) is 22.6 Å². The molecule has 1 fully saturated rings. The summed E-state index contributed by atoms with van der Waals surface area (Å²) >= 11 is 0. The van der Waals surface area contributed by atoms with E-state index >= 15 is 0 Å². The van der Waals surface area contributed by atoms with Crippen LogP contribution in [0.25, 0.3) is 0 Å². The maximum absolute atomic E-state index is 13.5. The van der Waals surface area contributed by atoms with Gasteiger partial charge in [-0.05, 0) is 68.1 Å². The first-order valence-electron chi connectivity index (χ1n) is 12.7. The van der Waals surface area contributed by atoms with Crippen LogP contribution in [0.2, 0.25) is 0 Å². The highest BCUT2D eigenvalue weighted by atomic mass is 16.6. The maximum Gasteiger partial charge on any atom is 0.409 e. The molecule has 0 spiro atoms. The number of carbonyl (C=O) groups excluding carboxylic acids is 2. The fraction of sp³-hybridized carbons (Fsp3) is 0.464. The van der Waals surface area contributed by atoms with E-state index in [9.17, 15) is 9.59 Å². The summed E-state index contributed by atoms with van der Waals surface area (Å²) in [6.45, 7) is 11.5. The Balaban J connectivity index is 1.51. The summed E-state index contributed by atoms with van der Waals surface area (Å²) in [6.07, 6.45) is 0.361. The summed E-state index contributed by atoms with van der Waals surface area (Å²) in [5.74, 6) is 0.768. The van der Waals surface area contributed by atoms with Crippen molar-refractivity contribution in [3.63, 3.8) is 0 Å². The molecule has 1 atom stereocenters. The topological polar surface area (TPSA) is 74.7 Å². The molecule has 2 aliphatic heterocycles. The quantitative estimate of drug-likeness (QED) is 0.580.